The van der Waals surface area contributed by atoms with Gasteiger partial charge in [-0.25, -0.2) is 4.98 Å². The number of hydrogen-bond donors (Lipinski definition) is 2. The van der Waals surface area contributed by atoms with Gasteiger partial charge in [-0.15, -0.1) is 0 Å². The van der Waals surface area contributed by atoms with Crippen LogP contribution in [0.1, 0.15) is 78.0 Å². The summed E-state index contributed by atoms with van der Waals surface area (Å²) in [4.78, 5) is 21.7. The lowest BCUT2D eigenvalue weighted by atomic mass is 9.46. The molecule has 7 unspecified atom stereocenters. The minimum atomic E-state index is -0.393. The first kappa shape index (κ1) is 26.5. The number of rotatable bonds is 4. The molecule has 0 radical (unpaired) electrons. The molecule has 6 nitrogen and oxygen atoms in total. The molecule has 2 N–H and O–H groups in total. The molecule has 2 aromatic heterocycles. The van der Waals surface area contributed by atoms with Crippen LogP contribution in [0, 0.1) is 34.5 Å². The van der Waals surface area contributed by atoms with Gasteiger partial charge in [-0.1, -0.05) is 43.3 Å². The van der Waals surface area contributed by atoms with Crippen molar-refractivity contribution in [1.29, 1.82) is 0 Å². The monoisotopic (exact) mass is 558 g/mol. The summed E-state index contributed by atoms with van der Waals surface area (Å²) >= 11 is 1.52. The molecule has 4 aliphatic carbocycles. The first-order valence-corrected chi connectivity index (χ1v) is 16.0. The topological polar surface area (TPSA) is 83.8 Å². The molecule has 0 aliphatic heterocycles. The van der Waals surface area contributed by atoms with Crippen LogP contribution in [0.15, 0.2) is 41.2 Å². The van der Waals surface area contributed by atoms with E-state index in [0.717, 1.165) is 54.7 Å². The van der Waals surface area contributed by atoms with E-state index in [2.05, 4.69) is 61.5 Å². The van der Waals surface area contributed by atoms with E-state index in [1.165, 1.54) is 28.6 Å². The smallest absolute Gasteiger partial charge is 0.166 e. The summed E-state index contributed by atoms with van der Waals surface area (Å²) in [6, 6.07) is 8.00. The molecule has 0 amide bonds. The number of Topliss-reactive ketones (excluding diaryl/α,β-unsaturated/α-hetero) is 1. The van der Waals surface area contributed by atoms with Crippen molar-refractivity contribution < 1.29 is 9.90 Å². The number of allylic oxidation sites excluding steroid dienone is 1. The number of aromatic nitrogens is 4. The van der Waals surface area contributed by atoms with Gasteiger partial charge < -0.3 is 10.1 Å². The summed E-state index contributed by atoms with van der Waals surface area (Å²) in [5.74, 6) is 1.94. The van der Waals surface area contributed by atoms with E-state index in [1.807, 2.05) is 24.3 Å². The van der Waals surface area contributed by atoms with Gasteiger partial charge in [-0.2, -0.15) is 5.10 Å². The molecule has 7 atom stereocenters. The zero-order valence-corrected chi connectivity index (χ0v) is 25.2. The first-order chi connectivity index (χ1) is 19.0. The number of aliphatic hydroxyl groups is 1. The van der Waals surface area contributed by atoms with Gasteiger partial charge in [0.25, 0.3) is 0 Å². The normalized spacial score (nSPS) is 35.0. The molecule has 4 aliphatic rings. The third-order valence-corrected chi connectivity index (χ3v) is 12.1. The molecule has 2 heterocycles. The predicted octanol–water partition coefficient (Wildman–Crippen LogP) is 6.64. The fourth-order valence-corrected chi connectivity index (χ4v) is 10.3. The standard InChI is InChI=1S/C33H42N4O2S/c1-31(2,3)37-26-14-20-10-11-21-22-12-13-23(28(39)18-40-30-35-24-8-6-7-9-25(24)36-30)33(22,5)16-27(38)29(21)32(20,4)15-19(26)17-34-37/h6-9,14,17,21-23,27,29,38H,10-13,15-16,18H2,1-5H3,(H,35,36). The van der Waals surface area contributed by atoms with Crippen LogP contribution in [-0.4, -0.2) is 42.5 Å². The number of fused-ring (bicyclic) bond motifs is 7. The fraction of sp³-hybridized carbons (Fsp3) is 0.606. The van der Waals surface area contributed by atoms with E-state index in [9.17, 15) is 9.90 Å². The van der Waals surface area contributed by atoms with Crippen LogP contribution >= 0.6 is 11.8 Å². The Hall–Kier alpha value is -2.38. The van der Waals surface area contributed by atoms with Gasteiger partial charge in [0.05, 0.1) is 40.3 Å². The summed E-state index contributed by atoms with van der Waals surface area (Å²) < 4.78 is 2.17. The average molecular weight is 559 g/mol. The van der Waals surface area contributed by atoms with Crippen LogP contribution in [0.25, 0.3) is 17.1 Å². The van der Waals surface area contributed by atoms with E-state index < -0.39 is 6.10 Å². The molecule has 0 saturated heterocycles. The van der Waals surface area contributed by atoms with Crippen LogP contribution < -0.4 is 0 Å². The molecule has 1 aromatic carbocycles. The highest BCUT2D eigenvalue weighted by atomic mass is 32.2. The number of H-pyrrole nitrogens is 1. The fourth-order valence-electron chi connectivity index (χ4n) is 9.49. The van der Waals surface area contributed by atoms with Crippen molar-refractivity contribution in [2.45, 2.75) is 89.9 Å². The SMILES string of the molecule is CC12Cc3cnn(C(C)(C)C)c3C=C1CCC1C2C(O)CC2(C)C(C(=O)CSc3nc4ccccc4[nH]3)CCC12. The number of imidazole rings is 1. The molecular weight excluding hydrogens is 516 g/mol. The Balaban J connectivity index is 1.11. The van der Waals surface area contributed by atoms with Gasteiger partial charge >= 0.3 is 0 Å². The van der Waals surface area contributed by atoms with Crippen molar-refractivity contribution >= 4 is 34.7 Å². The average Bonchev–Trinajstić information content (AvgIpc) is 3.59. The molecule has 0 bridgehead atoms. The minimum absolute atomic E-state index is 0.0118. The van der Waals surface area contributed by atoms with Gasteiger partial charge in [0.1, 0.15) is 5.78 Å². The van der Waals surface area contributed by atoms with E-state index >= 15 is 0 Å². The number of nitrogens with zero attached hydrogens (tertiary/aromatic N) is 3. The Kier molecular flexibility index (Phi) is 6.00. The van der Waals surface area contributed by atoms with Gasteiger partial charge in [0, 0.05) is 5.92 Å². The Bertz CT molecular complexity index is 1480. The van der Waals surface area contributed by atoms with Gasteiger partial charge in [0.15, 0.2) is 5.16 Å². The summed E-state index contributed by atoms with van der Waals surface area (Å²) in [5.41, 5.74) is 5.74. The largest absolute Gasteiger partial charge is 0.393 e. The van der Waals surface area contributed by atoms with E-state index in [1.54, 1.807) is 0 Å². The number of benzene rings is 1. The minimum Gasteiger partial charge on any atom is -0.393 e. The number of carbonyl (C=O) groups is 1. The van der Waals surface area contributed by atoms with Gasteiger partial charge in [-0.3, -0.25) is 9.48 Å². The predicted molar refractivity (Wildman–Crippen MR) is 160 cm³/mol. The van der Waals surface area contributed by atoms with Crippen LogP contribution in [0.4, 0.5) is 0 Å². The second kappa shape index (κ2) is 9.06. The molecule has 7 rings (SSSR count). The number of ketones is 1. The van der Waals surface area contributed by atoms with Gasteiger partial charge in [-0.05, 0) is 112 Å². The highest BCUT2D eigenvalue weighted by Gasteiger charge is 2.63. The van der Waals surface area contributed by atoms with Crippen molar-refractivity contribution in [3.05, 3.63) is 47.3 Å². The van der Waals surface area contributed by atoms with Crippen LogP contribution in [-0.2, 0) is 16.8 Å². The number of aromatic amines is 1. The van der Waals surface area contributed by atoms with Crippen molar-refractivity contribution in [2.24, 2.45) is 34.5 Å². The molecule has 40 heavy (non-hydrogen) atoms. The maximum absolute atomic E-state index is 13.7. The Morgan fingerprint density at radius 2 is 2.00 bits per heavy atom. The van der Waals surface area contributed by atoms with Crippen molar-refractivity contribution in [2.75, 3.05) is 5.75 Å². The highest BCUT2D eigenvalue weighted by Crippen LogP contribution is 2.66. The number of aliphatic hydroxyl groups excluding tert-OH is 1. The lowest BCUT2D eigenvalue weighted by molar-refractivity contribution is -0.140. The quantitative estimate of drug-likeness (QED) is 0.351. The van der Waals surface area contributed by atoms with Crippen molar-refractivity contribution in [3.63, 3.8) is 0 Å². The number of para-hydroxylation sites is 2. The maximum Gasteiger partial charge on any atom is 0.166 e. The molecule has 3 fully saturated rings. The summed E-state index contributed by atoms with van der Waals surface area (Å²) in [6.07, 6.45) is 9.97. The van der Waals surface area contributed by atoms with Crippen molar-refractivity contribution in [1.82, 2.24) is 19.7 Å². The lowest BCUT2D eigenvalue weighted by Gasteiger charge is -2.59. The van der Waals surface area contributed by atoms with Crippen molar-refractivity contribution in [3.8, 4) is 0 Å². The summed E-state index contributed by atoms with van der Waals surface area (Å²) in [7, 11) is 0. The number of hydrogen-bond acceptors (Lipinski definition) is 5. The molecular formula is C33H42N4O2S. The summed E-state index contributed by atoms with van der Waals surface area (Å²) in [6.45, 7) is 11.4. The third kappa shape index (κ3) is 3.90. The second-order valence-corrected chi connectivity index (χ2v) is 15.4. The summed E-state index contributed by atoms with van der Waals surface area (Å²) in [5, 5.41) is 17.5. The number of thioether (sulfide) groups is 1. The van der Waals surface area contributed by atoms with Crippen LogP contribution in [0.3, 0.4) is 0 Å². The van der Waals surface area contributed by atoms with E-state index in [-0.39, 0.29) is 28.2 Å². The Morgan fingerprint density at radius 3 is 2.77 bits per heavy atom. The van der Waals surface area contributed by atoms with Gasteiger partial charge in [0.2, 0.25) is 0 Å². The Labute approximate surface area is 241 Å². The zero-order chi connectivity index (χ0) is 28.0. The molecule has 7 heteroatoms. The molecule has 0 spiro atoms. The van der Waals surface area contributed by atoms with Crippen LogP contribution in [0.5, 0.6) is 0 Å². The first-order valence-electron chi connectivity index (χ1n) is 15.1. The van der Waals surface area contributed by atoms with E-state index in [4.69, 9.17) is 5.10 Å². The third-order valence-electron chi connectivity index (χ3n) is 11.2. The number of nitrogens with one attached hydrogen (secondary N) is 1. The second-order valence-electron chi connectivity index (χ2n) is 14.5. The van der Waals surface area contributed by atoms with E-state index in [0.29, 0.717) is 23.4 Å². The highest BCUT2D eigenvalue weighted by molar-refractivity contribution is 7.99. The Morgan fingerprint density at radius 1 is 1.20 bits per heavy atom. The molecule has 3 saturated carbocycles. The molecule has 3 aromatic rings. The molecule has 212 valence electrons. The maximum atomic E-state index is 13.7. The lowest BCUT2D eigenvalue weighted by Crippen LogP contribution is -2.57. The zero-order valence-electron chi connectivity index (χ0n) is 24.4. The number of carbonyl (C=O) groups excluding carboxylic acids is 1. The van der Waals surface area contributed by atoms with Crippen LogP contribution in [0.2, 0.25) is 0 Å².